The third-order valence-electron chi connectivity index (χ3n) is 4.98. The molecule has 0 aliphatic carbocycles. The predicted octanol–water partition coefficient (Wildman–Crippen LogP) is 4.07. The van der Waals surface area contributed by atoms with Crippen LogP contribution >= 0.6 is 0 Å². The van der Waals surface area contributed by atoms with Gasteiger partial charge in [0.05, 0.1) is 11.4 Å². The number of rotatable bonds is 8. The minimum Gasteiger partial charge on any atom is -0.487 e. The summed E-state index contributed by atoms with van der Waals surface area (Å²) < 4.78 is 21.4. The zero-order valence-corrected chi connectivity index (χ0v) is 18.0. The number of benzene rings is 2. The molecule has 0 aliphatic heterocycles. The van der Waals surface area contributed by atoms with Crippen LogP contribution in [0.4, 0.5) is 10.1 Å². The van der Waals surface area contributed by atoms with Crippen molar-refractivity contribution in [2.24, 2.45) is 0 Å². The van der Waals surface area contributed by atoms with E-state index in [2.05, 4.69) is 15.6 Å². The Morgan fingerprint density at radius 2 is 2.00 bits per heavy atom. The number of imidazole rings is 1. The van der Waals surface area contributed by atoms with Gasteiger partial charge in [0.1, 0.15) is 35.5 Å². The molecule has 2 aromatic carbocycles. The maximum Gasteiger partial charge on any atom is 0.251 e. The van der Waals surface area contributed by atoms with Gasteiger partial charge in [-0.25, -0.2) is 9.37 Å². The summed E-state index contributed by atoms with van der Waals surface area (Å²) in [6, 6.07) is 17.1. The van der Waals surface area contributed by atoms with Crippen molar-refractivity contribution >= 4 is 17.2 Å². The molecule has 4 rings (SSSR count). The summed E-state index contributed by atoms with van der Waals surface area (Å²) in [4.78, 5) is 17.0. The summed E-state index contributed by atoms with van der Waals surface area (Å²) in [5.74, 6) is -0.278. The fourth-order valence-corrected chi connectivity index (χ4v) is 3.37. The van der Waals surface area contributed by atoms with Gasteiger partial charge in [0.15, 0.2) is 0 Å². The standard InChI is InChI=1S/C25H22FN5O2/c1-17-8-9-24-30-19(15-31(24)14-17)16-33-20-5-2-4-18(12-20)25(32)29-11-10-28-23-7-3-6-22(26)21(23)13-27/h2-9,12,14-15,28H,10-11,16H2,1H3,(H,29,32). The van der Waals surface area contributed by atoms with Crippen LogP contribution in [0.5, 0.6) is 5.75 Å². The van der Waals surface area contributed by atoms with Crippen LogP contribution < -0.4 is 15.4 Å². The van der Waals surface area contributed by atoms with Crippen LogP contribution in [0.3, 0.4) is 0 Å². The first-order valence-electron chi connectivity index (χ1n) is 10.4. The Balaban J connectivity index is 1.30. The molecule has 0 aliphatic rings. The summed E-state index contributed by atoms with van der Waals surface area (Å²) in [5.41, 5.74) is 3.58. The number of hydrogen-bond acceptors (Lipinski definition) is 5. The number of ether oxygens (including phenoxy) is 1. The predicted molar refractivity (Wildman–Crippen MR) is 123 cm³/mol. The summed E-state index contributed by atoms with van der Waals surface area (Å²) in [6.07, 6.45) is 3.92. The van der Waals surface area contributed by atoms with Gasteiger partial charge in [0, 0.05) is 31.0 Å². The van der Waals surface area contributed by atoms with Gasteiger partial charge in [-0.15, -0.1) is 0 Å². The first-order valence-corrected chi connectivity index (χ1v) is 10.4. The van der Waals surface area contributed by atoms with E-state index >= 15 is 0 Å². The van der Waals surface area contributed by atoms with Crippen LogP contribution in [-0.4, -0.2) is 28.4 Å². The average Bonchev–Trinajstić information content (AvgIpc) is 3.22. The van der Waals surface area contributed by atoms with Crippen molar-refractivity contribution in [3.63, 3.8) is 0 Å². The molecule has 0 fully saturated rings. The van der Waals surface area contributed by atoms with Crippen LogP contribution in [0, 0.1) is 24.1 Å². The van der Waals surface area contributed by atoms with Crippen molar-refractivity contribution in [1.29, 1.82) is 5.26 Å². The van der Waals surface area contributed by atoms with Crippen molar-refractivity contribution < 1.29 is 13.9 Å². The van der Waals surface area contributed by atoms with Crippen LogP contribution in [0.2, 0.25) is 0 Å². The number of nitrogens with one attached hydrogen (secondary N) is 2. The van der Waals surface area contributed by atoms with Gasteiger partial charge in [-0.3, -0.25) is 4.79 Å². The molecule has 0 atom stereocenters. The van der Waals surface area contributed by atoms with E-state index in [1.165, 1.54) is 12.1 Å². The molecule has 7 nitrogen and oxygen atoms in total. The summed E-state index contributed by atoms with van der Waals surface area (Å²) >= 11 is 0. The molecule has 2 heterocycles. The highest BCUT2D eigenvalue weighted by Crippen LogP contribution is 2.18. The van der Waals surface area contributed by atoms with Crippen LogP contribution in [0.15, 0.2) is 67.0 Å². The van der Waals surface area contributed by atoms with Crippen molar-refractivity contribution in [3.8, 4) is 11.8 Å². The SMILES string of the molecule is Cc1ccc2nc(COc3cccc(C(=O)NCCNc4cccc(F)c4C#N)c3)cn2c1. The van der Waals surface area contributed by atoms with Crippen LogP contribution in [0.1, 0.15) is 27.2 Å². The number of pyridine rings is 1. The van der Waals surface area contributed by atoms with Crippen molar-refractivity contribution in [2.45, 2.75) is 13.5 Å². The molecule has 0 bridgehead atoms. The molecular weight excluding hydrogens is 421 g/mol. The topological polar surface area (TPSA) is 91.4 Å². The molecule has 166 valence electrons. The van der Waals surface area contributed by atoms with E-state index in [9.17, 15) is 9.18 Å². The lowest BCUT2D eigenvalue weighted by Gasteiger charge is -2.10. The third kappa shape index (κ3) is 5.28. The van der Waals surface area contributed by atoms with Gasteiger partial charge in [0.2, 0.25) is 0 Å². The molecule has 4 aromatic rings. The number of carbonyl (C=O) groups excluding carboxylic acids is 1. The van der Waals surface area contributed by atoms with Gasteiger partial charge in [-0.05, 0) is 48.9 Å². The molecule has 0 spiro atoms. The number of nitriles is 1. The molecule has 2 N–H and O–H groups in total. The van der Waals surface area contributed by atoms with Gasteiger partial charge >= 0.3 is 0 Å². The Morgan fingerprint density at radius 1 is 1.15 bits per heavy atom. The zero-order valence-electron chi connectivity index (χ0n) is 18.0. The molecule has 0 saturated heterocycles. The van der Waals surface area contributed by atoms with Gasteiger partial charge < -0.3 is 19.8 Å². The molecule has 1 amide bonds. The van der Waals surface area contributed by atoms with E-state index in [4.69, 9.17) is 10.00 Å². The normalized spacial score (nSPS) is 10.6. The lowest BCUT2D eigenvalue weighted by molar-refractivity contribution is 0.0954. The van der Waals surface area contributed by atoms with E-state index in [0.29, 0.717) is 30.1 Å². The fourth-order valence-electron chi connectivity index (χ4n) is 3.37. The second-order valence-corrected chi connectivity index (χ2v) is 7.48. The number of nitrogens with zero attached hydrogens (tertiary/aromatic N) is 3. The summed E-state index contributed by atoms with van der Waals surface area (Å²) in [6.45, 7) is 2.94. The molecule has 2 aromatic heterocycles. The molecule has 0 radical (unpaired) electrons. The maximum atomic E-state index is 13.6. The molecule has 33 heavy (non-hydrogen) atoms. The Bertz CT molecular complexity index is 1340. The number of halogens is 1. The van der Waals surface area contributed by atoms with E-state index in [0.717, 1.165) is 16.9 Å². The second-order valence-electron chi connectivity index (χ2n) is 7.48. The summed E-state index contributed by atoms with van der Waals surface area (Å²) in [5, 5.41) is 14.8. The number of hydrogen-bond donors (Lipinski definition) is 2. The highest BCUT2D eigenvalue weighted by Gasteiger charge is 2.09. The van der Waals surface area contributed by atoms with Crippen molar-refractivity contribution in [3.05, 3.63) is 95.2 Å². The van der Waals surface area contributed by atoms with Crippen LogP contribution in [0.25, 0.3) is 5.65 Å². The number of fused-ring (bicyclic) bond motifs is 1. The van der Waals surface area contributed by atoms with Gasteiger partial charge in [0.25, 0.3) is 5.91 Å². The zero-order chi connectivity index (χ0) is 23.2. The highest BCUT2D eigenvalue weighted by atomic mass is 19.1. The second kappa shape index (κ2) is 9.83. The van der Waals surface area contributed by atoms with Crippen molar-refractivity contribution in [1.82, 2.24) is 14.7 Å². The first kappa shape index (κ1) is 21.8. The van der Waals surface area contributed by atoms with Gasteiger partial charge in [-0.1, -0.05) is 18.2 Å². The average molecular weight is 443 g/mol. The number of aromatic nitrogens is 2. The number of anilines is 1. The molecular formula is C25H22FN5O2. The smallest absolute Gasteiger partial charge is 0.251 e. The highest BCUT2D eigenvalue weighted by molar-refractivity contribution is 5.94. The first-order chi connectivity index (χ1) is 16.0. The Hall–Kier alpha value is -4.38. The molecule has 0 saturated carbocycles. The molecule has 8 heteroatoms. The van der Waals surface area contributed by atoms with E-state index in [1.807, 2.05) is 41.9 Å². The lowest BCUT2D eigenvalue weighted by Crippen LogP contribution is -2.28. The number of carbonyl (C=O) groups is 1. The Morgan fingerprint density at radius 3 is 2.85 bits per heavy atom. The maximum absolute atomic E-state index is 13.6. The third-order valence-corrected chi connectivity index (χ3v) is 4.98. The monoisotopic (exact) mass is 443 g/mol. The molecule has 0 unspecified atom stereocenters. The van der Waals surface area contributed by atoms with Gasteiger partial charge in [-0.2, -0.15) is 5.26 Å². The van der Waals surface area contributed by atoms with E-state index in [-0.39, 0.29) is 18.1 Å². The fraction of sp³-hybridized carbons (Fsp3) is 0.160. The lowest BCUT2D eigenvalue weighted by atomic mass is 10.2. The van der Waals surface area contributed by atoms with Crippen LogP contribution in [-0.2, 0) is 6.61 Å². The Labute approximate surface area is 190 Å². The largest absolute Gasteiger partial charge is 0.487 e. The summed E-state index contributed by atoms with van der Waals surface area (Å²) in [7, 11) is 0. The minimum atomic E-state index is -0.581. The minimum absolute atomic E-state index is 0.0468. The number of amides is 1. The van der Waals surface area contributed by atoms with Crippen molar-refractivity contribution in [2.75, 3.05) is 18.4 Å². The Kier molecular flexibility index (Phi) is 6.51. The van der Waals surface area contributed by atoms with E-state index < -0.39 is 5.82 Å². The number of aryl methyl sites for hydroxylation is 1. The van der Waals surface area contributed by atoms with E-state index in [1.54, 1.807) is 30.3 Å². The quantitative estimate of drug-likeness (QED) is 0.401.